The van der Waals surface area contributed by atoms with Crippen LogP contribution in [0.2, 0.25) is 0 Å². The fourth-order valence-electron chi connectivity index (χ4n) is 2.27. The van der Waals surface area contributed by atoms with Crippen LogP contribution in [-0.4, -0.2) is 42.9 Å². The maximum absolute atomic E-state index is 13.3. The quantitative estimate of drug-likeness (QED) is 0.889. The minimum absolute atomic E-state index is 0.0895. The fraction of sp³-hybridized carbons (Fsp3) is 0.571. The van der Waals surface area contributed by atoms with Crippen molar-refractivity contribution in [3.05, 3.63) is 29.8 Å². The minimum Gasteiger partial charge on any atom is -0.489 e. The molecule has 19 heavy (non-hydrogen) atoms. The van der Waals surface area contributed by atoms with Gasteiger partial charge in [-0.05, 0) is 44.0 Å². The molecule has 5 heteroatoms. The average molecular weight is 271 g/mol. The number of piperidine rings is 1. The molecule has 0 saturated carbocycles. The first-order chi connectivity index (χ1) is 9.19. The van der Waals surface area contributed by atoms with E-state index >= 15 is 0 Å². The first kappa shape index (κ1) is 14.2. The van der Waals surface area contributed by atoms with E-state index < -0.39 is 11.6 Å². The van der Waals surface area contributed by atoms with Gasteiger partial charge in [0.2, 0.25) is 0 Å². The van der Waals surface area contributed by atoms with E-state index in [4.69, 9.17) is 9.84 Å². The smallest absolute Gasteiger partial charge is 0.167 e. The molecular formula is C14H19F2NO2. The summed E-state index contributed by atoms with van der Waals surface area (Å²) in [6.07, 6.45) is 1.98. The van der Waals surface area contributed by atoms with Gasteiger partial charge in [0.15, 0.2) is 11.6 Å². The fourth-order valence-corrected chi connectivity index (χ4v) is 2.27. The Kier molecular flexibility index (Phi) is 5.10. The number of ether oxygens (including phenoxy) is 1. The van der Waals surface area contributed by atoms with Crippen molar-refractivity contribution in [1.82, 2.24) is 4.90 Å². The van der Waals surface area contributed by atoms with Gasteiger partial charge in [0, 0.05) is 19.2 Å². The molecule has 0 unspecified atom stereocenters. The van der Waals surface area contributed by atoms with Crippen molar-refractivity contribution in [2.45, 2.75) is 12.8 Å². The Bertz CT molecular complexity index is 406. The molecule has 2 rings (SSSR count). The minimum atomic E-state index is -0.668. The molecule has 1 aromatic carbocycles. The standard InChI is InChI=1S/C14H19F2NO2/c15-12-1-2-14(13(16)9-12)19-8-7-17-5-3-11(10-18)4-6-17/h1-2,9,11,18H,3-8,10H2. The van der Waals surface area contributed by atoms with Gasteiger partial charge in [0.25, 0.3) is 0 Å². The van der Waals surface area contributed by atoms with E-state index in [1.54, 1.807) is 0 Å². The van der Waals surface area contributed by atoms with Crippen molar-refractivity contribution < 1.29 is 18.6 Å². The van der Waals surface area contributed by atoms with Gasteiger partial charge in [0.1, 0.15) is 12.4 Å². The van der Waals surface area contributed by atoms with E-state index in [2.05, 4.69) is 4.90 Å². The molecule has 1 heterocycles. The maximum Gasteiger partial charge on any atom is 0.167 e. The monoisotopic (exact) mass is 271 g/mol. The highest BCUT2D eigenvalue weighted by Gasteiger charge is 2.18. The second-order valence-electron chi connectivity index (χ2n) is 4.89. The van der Waals surface area contributed by atoms with Crippen molar-refractivity contribution in [3.8, 4) is 5.75 Å². The SMILES string of the molecule is OCC1CCN(CCOc2ccc(F)cc2F)CC1. The molecule has 1 N–H and O–H groups in total. The van der Waals surface area contributed by atoms with Gasteiger partial charge in [-0.3, -0.25) is 4.90 Å². The summed E-state index contributed by atoms with van der Waals surface area (Å²) in [5.41, 5.74) is 0. The highest BCUT2D eigenvalue weighted by atomic mass is 19.1. The molecule has 1 aliphatic heterocycles. The Morgan fingerprint density at radius 3 is 2.63 bits per heavy atom. The predicted molar refractivity (Wildman–Crippen MR) is 68.1 cm³/mol. The summed E-state index contributed by atoms with van der Waals surface area (Å²) in [7, 11) is 0. The Morgan fingerprint density at radius 1 is 1.26 bits per heavy atom. The second-order valence-corrected chi connectivity index (χ2v) is 4.89. The molecule has 0 aliphatic carbocycles. The molecule has 0 bridgehead atoms. The normalized spacial score (nSPS) is 17.6. The van der Waals surface area contributed by atoms with Gasteiger partial charge in [-0.2, -0.15) is 0 Å². The van der Waals surface area contributed by atoms with Crippen molar-refractivity contribution in [3.63, 3.8) is 0 Å². The van der Waals surface area contributed by atoms with E-state index in [0.717, 1.165) is 38.5 Å². The summed E-state index contributed by atoms with van der Waals surface area (Å²) < 4.78 is 31.3. The van der Waals surface area contributed by atoms with Crippen LogP contribution in [0.3, 0.4) is 0 Å². The topological polar surface area (TPSA) is 32.7 Å². The van der Waals surface area contributed by atoms with Crippen LogP contribution in [0.15, 0.2) is 18.2 Å². The van der Waals surface area contributed by atoms with E-state index in [0.29, 0.717) is 12.5 Å². The van der Waals surface area contributed by atoms with Crippen LogP contribution < -0.4 is 4.74 Å². The molecule has 3 nitrogen and oxygen atoms in total. The van der Waals surface area contributed by atoms with Crippen LogP contribution in [0.5, 0.6) is 5.75 Å². The second kappa shape index (κ2) is 6.82. The number of aliphatic hydroxyl groups is 1. The number of nitrogens with zero attached hydrogens (tertiary/aromatic N) is 1. The Balaban J connectivity index is 1.72. The molecular weight excluding hydrogens is 252 g/mol. The lowest BCUT2D eigenvalue weighted by molar-refractivity contribution is 0.118. The molecule has 0 amide bonds. The highest BCUT2D eigenvalue weighted by molar-refractivity contribution is 5.24. The molecule has 1 fully saturated rings. The summed E-state index contributed by atoms with van der Waals surface area (Å²) in [4.78, 5) is 2.23. The van der Waals surface area contributed by atoms with Crippen LogP contribution in [0, 0.1) is 17.6 Å². The number of hydrogen-bond donors (Lipinski definition) is 1. The molecule has 1 saturated heterocycles. The van der Waals surface area contributed by atoms with Crippen LogP contribution >= 0.6 is 0 Å². The number of aliphatic hydroxyl groups excluding tert-OH is 1. The molecule has 0 atom stereocenters. The maximum atomic E-state index is 13.3. The average Bonchev–Trinajstić information content (AvgIpc) is 2.42. The summed E-state index contributed by atoms with van der Waals surface area (Å²) in [6.45, 7) is 3.22. The van der Waals surface area contributed by atoms with E-state index in [-0.39, 0.29) is 12.4 Å². The lowest BCUT2D eigenvalue weighted by atomic mass is 9.98. The van der Waals surface area contributed by atoms with Crippen molar-refractivity contribution in [1.29, 1.82) is 0 Å². The number of likely N-dealkylation sites (tertiary alicyclic amines) is 1. The zero-order chi connectivity index (χ0) is 13.7. The van der Waals surface area contributed by atoms with E-state index in [9.17, 15) is 8.78 Å². The Morgan fingerprint density at radius 2 is 2.00 bits per heavy atom. The Labute approximate surface area is 111 Å². The third-order valence-electron chi connectivity index (χ3n) is 3.52. The molecule has 1 aromatic rings. The molecule has 0 spiro atoms. The first-order valence-corrected chi connectivity index (χ1v) is 6.60. The summed E-state index contributed by atoms with van der Waals surface area (Å²) >= 11 is 0. The summed E-state index contributed by atoms with van der Waals surface area (Å²) in [6, 6.07) is 3.32. The van der Waals surface area contributed by atoms with Crippen molar-refractivity contribution >= 4 is 0 Å². The van der Waals surface area contributed by atoms with E-state index in [1.807, 2.05) is 0 Å². The third-order valence-corrected chi connectivity index (χ3v) is 3.52. The first-order valence-electron chi connectivity index (χ1n) is 6.60. The number of rotatable bonds is 5. The highest BCUT2D eigenvalue weighted by Crippen LogP contribution is 2.18. The van der Waals surface area contributed by atoms with Crippen LogP contribution in [0.25, 0.3) is 0 Å². The number of hydrogen-bond acceptors (Lipinski definition) is 3. The molecule has 106 valence electrons. The van der Waals surface area contributed by atoms with Gasteiger partial charge < -0.3 is 9.84 Å². The van der Waals surface area contributed by atoms with Crippen LogP contribution in [-0.2, 0) is 0 Å². The largest absolute Gasteiger partial charge is 0.489 e. The van der Waals surface area contributed by atoms with Gasteiger partial charge >= 0.3 is 0 Å². The number of halogens is 2. The Hall–Kier alpha value is -1.20. The van der Waals surface area contributed by atoms with E-state index in [1.165, 1.54) is 12.1 Å². The van der Waals surface area contributed by atoms with Gasteiger partial charge in [-0.1, -0.05) is 0 Å². The van der Waals surface area contributed by atoms with Gasteiger partial charge in [-0.25, -0.2) is 8.78 Å². The zero-order valence-electron chi connectivity index (χ0n) is 10.8. The van der Waals surface area contributed by atoms with Crippen molar-refractivity contribution in [2.75, 3.05) is 32.8 Å². The van der Waals surface area contributed by atoms with Crippen LogP contribution in [0.1, 0.15) is 12.8 Å². The molecule has 1 aliphatic rings. The lowest BCUT2D eigenvalue weighted by Crippen LogP contribution is -2.37. The van der Waals surface area contributed by atoms with Gasteiger partial charge in [-0.15, -0.1) is 0 Å². The van der Waals surface area contributed by atoms with Crippen molar-refractivity contribution in [2.24, 2.45) is 5.92 Å². The lowest BCUT2D eigenvalue weighted by Gasteiger charge is -2.30. The number of benzene rings is 1. The summed E-state index contributed by atoms with van der Waals surface area (Å²) in [5.74, 6) is -0.770. The summed E-state index contributed by atoms with van der Waals surface area (Å²) in [5, 5.41) is 9.04. The van der Waals surface area contributed by atoms with Crippen LogP contribution in [0.4, 0.5) is 8.78 Å². The molecule has 0 aromatic heterocycles. The zero-order valence-corrected chi connectivity index (χ0v) is 10.8. The molecule has 0 radical (unpaired) electrons. The van der Waals surface area contributed by atoms with Gasteiger partial charge in [0.05, 0.1) is 0 Å². The predicted octanol–water partition coefficient (Wildman–Crippen LogP) is 2.05. The third kappa shape index (κ3) is 4.14.